The second-order valence-electron chi connectivity index (χ2n) is 16.2. The molecule has 4 aromatic rings. The number of amides is 2. The Bertz CT molecular complexity index is 1670. The smallest absolute Gasteiger partial charge is 0.319 e. The number of rotatable bonds is 22. The topological polar surface area (TPSA) is 104 Å². The van der Waals surface area contributed by atoms with Crippen LogP contribution in [-0.4, -0.2) is 82.4 Å². The number of carbonyl (C=O) groups is 1. The molecule has 5 rings (SSSR count). The predicted molar refractivity (Wildman–Crippen MR) is 236 cm³/mol. The largest absolute Gasteiger partial charge is 0.534 e. The van der Waals surface area contributed by atoms with Crippen LogP contribution in [0.5, 0.6) is 17.2 Å². The van der Waals surface area contributed by atoms with E-state index in [1.54, 1.807) is 0 Å². The Morgan fingerprint density at radius 2 is 1.32 bits per heavy atom. The number of hydrogen-bond acceptors (Lipinski definition) is 7. The van der Waals surface area contributed by atoms with Crippen LogP contribution in [0.4, 0.5) is 10.5 Å². The fourth-order valence-electron chi connectivity index (χ4n) is 7.51. The van der Waals surface area contributed by atoms with E-state index in [1.807, 2.05) is 65.6 Å². The Morgan fingerprint density at radius 3 is 1.93 bits per heavy atom. The van der Waals surface area contributed by atoms with E-state index in [4.69, 9.17) is 13.9 Å². The van der Waals surface area contributed by atoms with E-state index in [9.17, 15) is 9.90 Å². The first-order valence-corrected chi connectivity index (χ1v) is 23.0. The van der Waals surface area contributed by atoms with Crippen LogP contribution in [0.25, 0.3) is 0 Å². The summed E-state index contributed by atoms with van der Waals surface area (Å²) in [4.78, 5) is 14.5. The molecule has 0 unspecified atom stereocenters. The zero-order chi connectivity index (χ0) is 40.4. The second kappa shape index (κ2) is 22.4. The van der Waals surface area contributed by atoms with Gasteiger partial charge in [-0.25, -0.2) is 4.79 Å². The van der Waals surface area contributed by atoms with E-state index in [-0.39, 0.29) is 17.7 Å². The minimum atomic E-state index is -2.72. The van der Waals surface area contributed by atoms with Gasteiger partial charge in [0, 0.05) is 44.5 Å². The van der Waals surface area contributed by atoms with Crippen molar-refractivity contribution in [2.24, 2.45) is 0 Å². The third-order valence-electron chi connectivity index (χ3n) is 10.7. The lowest BCUT2D eigenvalue weighted by Crippen LogP contribution is -2.68. The zero-order valence-electron chi connectivity index (χ0n) is 34.7. The number of unbranched alkanes of at least 4 members (excludes halogenated alkanes) is 5. The maximum absolute atomic E-state index is 12.6. The van der Waals surface area contributed by atoms with Crippen molar-refractivity contribution < 1.29 is 23.8 Å². The number of nitrogens with zero attached hydrogens (tertiary/aromatic N) is 1. The van der Waals surface area contributed by atoms with Gasteiger partial charge in [0.25, 0.3) is 0 Å². The van der Waals surface area contributed by atoms with Gasteiger partial charge in [0.15, 0.2) is 0 Å². The van der Waals surface area contributed by atoms with E-state index in [2.05, 4.69) is 92.2 Å². The number of likely N-dealkylation sites (tertiary alicyclic amines) is 1. The Balaban J connectivity index is 0.965. The molecule has 0 saturated carbocycles. The van der Waals surface area contributed by atoms with Crippen molar-refractivity contribution in [3.63, 3.8) is 0 Å². The molecule has 57 heavy (non-hydrogen) atoms. The third-order valence-corrected chi connectivity index (χ3v) is 15.6. The highest BCUT2D eigenvalue weighted by molar-refractivity contribution is 7.00. The fraction of sp³-hybridized carbons (Fsp3) is 0.468. The molecule has 4 N–H and O–H groups in total. The van der Waals surface area contributed by atoms with Gasteiger partial charge in [0.1, 0.15) is 36.6 Å². The van der Waals surface area contributed by atoms with E-state index >= 15 is 0 Å². The maximum atomic E-state index is 12.6. The monoisotopic (exact) mass is 794 g/mol. The lowest BCUT2D eigenvalue weighted by Gasteiger charge is -2.43. The van der Waals surface area contributed by atoms with Crippen LogP contribution in [0.1, 0.15) is 79.1 Å². The van der Waals surface area contributed by atoms with Crippen molar-refractivity contribution in [2.45, 2.75) is 96.2 Å². The summed E-state index contributed by atoms with van der Waals surface area (Å²) in [7, 11) is -2.72. The number of carbonyl (C=O) groups excluding carboxylic acids is 1. The standard InChI is InChI=1S/C47H66N4O5Si/c1-5-6-7-8-9-16-31-49-46(53)51-33-29-39(30-34-51)50-38-21-23-41(24-22-38)54-35-32-48-36-40(52)37-55-42-25-27-43(28-26-42)56-57(47(2,3)4,44-17-12-10-13-18-44)45-19-14-11-15-20-45/h10-15,17-28,39-40,48,50,52H,5-9,16,29-37H2,1-4H3,(H,49,53)/t40-/m0/s1. The molecule has 1 fully saturated rings. The molecule has 0 spiro atoms. The normalized spacial score (nSPS) is 14.2. The van der Waals surface area contributed by atoms with Crippen molar-refractivity contribution in [1.82, 2.24) is 15.5 Å². The summed E-state index contributed by atoms with van der Waals surface area (Å²) >= 11 is 0. The van der Waals surface area contributed by atoms with Gasteiger partial charge in [0.05, 0.1) is 0 Å². The maximum Gasteiger partial charge on any atom is 0.319 e. The molecule has 1 heterocycles. The van der Waals surface area contributed by atoms with Gasteiger partial charge in [0.2, 0.25) is 0 Å². The summed E-state index contributed by atoms with van der Waals surface area (Å²) in [6.07, 6.45) is 8.54. The first-order chi connectivity index (χ1) is 27.7. The van der Waals surface area contributed by atoms with Gasteiger partial charge in [-0.1, -0.05) is 120 Å². The number of nitrogens with one attached hydrogen (secondary N) is 3. The average Bonchev–Trinajstić information content (AvgIpc) is 3.23. The van der Waals surface area contributed by atoms with Crippen LogP contribution in [0.3, 0.4) is 0 Å². The van der Waals surface area contributed by atoms with Crippen LogP contribution in [0.2, 0.25) is 5.04 Å². The van der Waals surface area contributed by atoms with Crippen LogP contribution >= 0.6 is 0 Å². The third kappa shape index (κ3) is 13.3. The number of ether oxygens (including phenoxy) is 2. The molecule has 4 aromatic carbocycles. The van der Waals surface area contributed by atoms with Crippen LogP contribution < -0.4 is 40.2 Å². The van der Waals surface area contributed by atoms with E-state index in [0.29, 0.717) is 31.5 Å². The number of benzene rings is 4. The van der Waals surface area contributed by atoms with Gasteiger partial charge in [-0.3, -0.25) is 0 Å². The Labute approximate surface area is 342 Å². The molecule has 308 valence electrons. The van der Waals surface area contributed by atoms with E-state index < -0.39 is 14.4 Å². The molecule has 9 nitrogen and oxygen atoms in total. The summed E-state index contributed by atoms with van der Waals surface area (Å²) in [6.45, 7) is 13.0. The SMILES string of the molecule is CCCCCCCCNC(=O)N1CCC(Nc2ccc(OCCNC[C@H](O)COc3ccc(O[Si](c4ccccc4)(c4ccccc4)C(C)(C)C)cc3)cc2)CC1. The van der Waals surface area contributed by atoms with Gasteiger partial charge in [-0.2, -0.15) is 0 Å². The minimum absolute atomic E-state index is 0.0703. The Kier molecular flexibility index (Phi) is 17.2. The highest BCUT2D eigenvalue weighted by atomic mass is 28.4. The number of aliphatic hydroxyl groups is 1. The van der Waals surface area contributed by atoms with E-state index in [1.165, 1.54) is 42.5 Å². The van der Waals surface area contributed by atoms with Gasteiger partial charge < -0.3 is 39.9 Å². The summed E-state index contributed by atoms with van der Waals surface area (Å²) in [5, 5.41) is 22.9. The number of aliphatic hydroxyl groups excluding tert-OH is 1. The molecule has 0 bridgehead atoms. The molecule has 1 atom stereocenters. The quantitative estimate of drug-likeness (QED) is 0.0473. The van der Waals surface area contributed by atoms with Crippen molar-refractivity contribution in [3.05, 3.63) is 109 Å². The first-order valence-electron chi connectivity index (χ1n) is 21.1. The summed E-state index contributed by atoms with van der Waals surface area (Å²) < 4.78 is 19.0. The van der Waals surface area contributed by atoms with Crippen molar-refractivity contribution in [2.75, 3.05) is 51.3 Å². The molecule has 1 saturated heterocycles. The highest BCUT2D eigenvalue weighted by Crippen LogP contribution is 2.38. The molecular formula is C47H66N4O5Si. The number of piperidine rings is 1. The molecule has 1 aliphatic rings. The minimum Gasteiger partial charge on any atom is -0.534 e. The van der Waals surface area contributed by atoms with Crippen LogP contribution in [-0.2, 0) is 0 Å². The zero-order valence-corrected chi connectivity index (χ0v) is 35.7. The van der Waals surface area contributed by atoms with Gasteiger partial charge >= 0.3 is 14.3 Å². The van der Waals surface area contributed by atoms with Crippen LogP contribution in [0, 0.1) is 0 Å². The highest BCUT2D eigenvalue weighted by Gasteiger charge is 2.52. The molecule has 0 aliphatic carbocycles. The van der Waals surface area contributed by atoms with Crippen molar-refractivity contribution in [1.29, 1.82) is 0 Å². The van der Waals surface area contributed by atoms with Gasteiger partial charge in [-0.15, -0.1) is 0 Å². The Morgan fingerprint density at radius 1 is 0.754 bits per heavy atom. The molecular weight excluding hydrogens is 729 g/mol. The fourth-order valence-corrected chi connectivity index (χ4v) is 11.9. The second-order valence-corrected chi connectivity index (χ2v) is 20.4. The number of anilines is 1. The molecule has 10 heteroatoms. The number of hydrogen-bond donors (Lipinski definition) is 4. The van der Waals surface area contributed by atoms with E-state index in [0.717, 1.165) is 56.1 Å². The van der Waals surface area contributed by atoms with Crippen molar-refractivity contribution in [3.8, 4) is 17.2 Å². The number of urea groups is 1. The molecule has 0 aromatic heterocycles. The average molecular weight is 795 g/mol. The molecule has 1 aliphatic heterocycles. The molecule has 0 radical (unpaired) electrons. The first kappa shape index (κ1) is 43.6. The lowest BCUT2D eigenvalue weighted by atomic mass is 10.0. The van der Waals surface area contributed by atoms with Gasteiger partial charge in [-0.05, 0) is 83.2 Å². The summed E-state index contributed by atoms with van der Waals surface area (Å²) in [5.41, 5.74) is 1.05. The summed E-state index contributed by atoms with van der Waals surface area (Å²) in [5.74, 6) is 2.27. The van der Waals surface area contributed by atoms with Crippen molar-refractivity contribution >= 4 is 30.4 Å². The molecule has 2 amide bonds. The van der Waals surface area contributed by atoms with Crippen LogP contribution in [0.15, 0.2) is 109 Å². The predicted octanol–water partition coefficient (Wildman–Crippen LogP) is 7.98. The Hall–Kier alpha value is -4.51. The summed E-state index contributed by atoms with van der Waals surface area (Å²) in [6, 6.07) is 37.4. The lowest BCUT2D eigenvalue weighted by molar-refractivity contribution is 0.105.